The van der Waals surface area contributed by atoms with Gasteiger partial charge in [0.15, 0.2) is 0 Å². The van der Waals surface area contributed by atoms with Crippen LogP contribution in [0, 0.1) is 5.92 Å². The van der Waals surface area contributed by atoms with Crippen LogP contribution < -0.4 is 5.32 Å². The number of hydrogen-bond acceptors (Lipinski definition) is 2. The number of carbonyl (C=O) groups excluding carboxylic acids is 2. The number of amides is 2. The van der Waals surface area contributed by atoms with Gasteiger partial charge in [0.1, 0.15) is 0 Å². The number of nitrogens with zero attached hydrogens (tertiary/aromatic N) is 1. The molecule has 1 N–H and O–H groups in total. The van der Waals surface area contributed by atoms with Gasteiger partial charge in [-0.1, -0.05) is 86.5 Å². The van der Waals surface area contributed by atoms with Crippen LogP contribution in [0.5, 0.6) is 0 Å². The van der Waals surface area contributed by atoms with Gasteiger partial charge in [-0.2, -0.15) is 0 Å². The predicted molar refractivity (Wildman–Crippen MR) is 113 cm³/mol. The second-order valence-electron chi connectivity index (χ2n) is 6.80. The monoisotopic (exact) mass is 370 g/mol. The molecule has 0 saturated carbocycles. The second kappa shape index (κ2) is 20.3. The van der Waals surface area contributed by atoms with E-state index in [0.29, 0.717) is 13.0 Å². The molecule has 0 aromatic carbocycles. The zero-order valence-corrected chi connectivity index (χ0v) is 18.5. The van der Waals surface area contributed by atoms with Crippen LogP contribution in [-0.2, 0) is 9.59 Å². The van der Waals surface area contributed by atoms with Crippen molar-refractivity contribution >= 4 is 11.8 Å². The lowest BCUT2D eigenvalue weighted by molar-refractivity contribution is -0.129. The van der Waals surface area contributed by atoms with E-state index in [1.807, 2.05) is 18.7 Å². The van der Waals surface area contributed by atoms with Gasteiger partial charge >= 0.3 is 0 Å². The van der Waals surface area contributed by atoms with Gasteiger partial charge in [-0.3, -0.25) is 9.59 Å². The number of hydrogen-bond donors (Lipinski definition) is 1. The van der Waals surface area contributed by atoms with Crippen molar-refractivity contribution in [3.05, 3.63) is 0 Å². The summed E-state index contributed by atoms with van der Waals surface area (Å²) in [7, 11) is 0. The highest BCUT2D eigenvalue weighted by molar-refractivity contribution is 5.89. The molecule has 4 heteroatoms. The molecule has 26 heavy (non-hydrogen) atoms. The molecule has 0 spiro atoms. The van der Waals surface area contributed by atoms with E-state index in [9.17, 15) is 9.59 Å². The first-order valence-corrected chi connectivity index (χ1v) is 11.2. The molecule has 0 bridgehead atoms. The summed E-state index contributed by atoms with van der Waals surface area (Å²) in [5.74, 6) is 0.0754. The van der Waals surface area contributed by atoms with E-state index >= 15 is 0 Å². The Morgan fingerprint density at radius 3 is 2.04 bits per heavy atom. The molecular weight excluding hydrogens is 324 g/mol. The Morgan fingerprint density at radius 2 is 1.50 bits per heavy atom. The Hall–Kier alpha value is -1.06. The van der Waals surface area contributed by atoms with Gasteiger partial charge in [0.25, 0.3) is 0 Å². The Balaban J connectivity index is 0. The molecule has 0 radical (unpaired) electrons. The SMILES string of the molecule is CC.CCCC.CCCCCCCN1CC(C(=O)NCCCC)CC1=O. The molecule has 0 aromatic rings. The van der Waals surface area contributed by atoms with Gasteiger partial charge in [0.2, 0.25) is 11.8 Å². The Bertz CT molecular complexity index is 330. The first kappa shape index (κ1) is 27.2. The minimum Gasteiger partial charge on any atom is -0.356 e. The summed E-state index contributed by atoms with van der Waals surface area (Å²) < 4.78 is 0. The van der Waals surface area contributed by atoms with Crippen molar-refractivity contribution in [3.8, 4) is 0 Å². The molecule has 0 aromatic heterocycles. The maximum absolute atomic E-state index is 11.9. The standard InChI is InChI=1S/C16H30N2O2.C4H10.C2H6/c1-3-5-7-8-9-11-18-13-14(12-15(18)19)16(20)17-10-6-4-2;1-3-4-2;1-2/h14H,3-13H2,1-2H3,(H,17,20);3-4H2,1-2H3;1-2H3. The van der Waals surface area contributed by atoms with Crippen molar-refractivity contribution in [2.24, 2.45) is 5.92 Å². The summed E-state index contributed by atoms with van der Waals surface area (Å²) >= 11 is 0. The van der Waals surface area contributed by atoms with Crippen molar-refractivity contribution in [1.29, 1.82) is 0 Å². The molecular formula is C22H46N2O2. The molecule has 1 rings (SSSR count). The lowest BCUT2D eigenvalue weighted by Crippen LogP contribution is -2.33. The lowest BCUT2D eigenvalue weighted by Gasteiger charge is -2.16. The lowest BCUT2D eigenvalue weighted by atomic mass is 10.1. The van der Waals surface area contributed by atoms with Gasteiger partial charge in [-0.15, -0.1) is 0 Å². The molecule has 1 saturated heterocycles. The van der Waals surface area contributed by atoms with Crippen LogP contribution in [-0.4, -0.2) is 36.3 Å². The van der Waals surface area contributed by atoms with E-state index in [0.717, 1.165) is 32.4 Å². The van der Waals surface area contributed by atoms with E-state index in [2.05, 4.69) is 33.0 Å². The van der Waals surface area contributed by atoms with Gasteiger partial charge < -0.3 is 10.2 Å². The zero-order chi connectivity index (χ0) is 20.2. The summed E-state index contributed by atoms with van der Waals surface area (Å²) in [6.07, 6.45) is 11.1. The van der Waals surface area contributed by atoms with Gasteiger partial charge in [-0.05, 0) is 12.8 Å². The molecule has 2 amide bonds. The van der Waals surface area contributed by atoms with Crippen molar-refractivity contribution in [2.75, 3.05) is 19.6 Å². The number of nitrogens with one attached hydrogen (secondary N) is 1. The minimum absolute atomic E-state index is 0.0558. The van der Waals surface area contributed by atoms with Crippen LogP contribution in [0.4, 0.5) is 0 Å². The topological polar surface area (TPSA) is 49.4 Å². The van der Waals surface area contributed by atoms with Crippen LogP contribution in [0.1, 0.15) is 106 Å². The fourth-order valence-corrected chi connectivity index (χ4v) is 2.60. The van der Waals surface area contributed by atoms with Gasteiger partial charge in [-0.25, -0.2) is 0 Å². The number of rotatable bonds is 11. The quantitative estimate of drug-likeness (QED) is 0.484. The van der Waals surface area contributed by atoms with E-state index in [1.54, 1.807) is 0 Å². The fraction of sp³-hybridized carbons (Fsp3) is 0.909. The molecule has 1 aliphatic heterocycles. The smallest absolute Gasteiger partial charge is 0.225 e. The normalized spacial score (nSPS) is 15.7. The second-order valence-corrected chi connectivity index (χ2v) is 6.80. The highest BCUT2D eigenvalue weighted by Crippen LogP contribution is 2.19. The van der Waals surface area contributed by atoms with Crippen LogP contribution in [0.15, 0.2) is 0 Å². The molecule has 4 nitrogen and oxygen atoms in total. The summed E-state index contributed by atoms with van der Waals surface area (Å²) in [5.41, 5.74) is 0. The molecule has 1 atom stereocenters. The van der Waals surface area contributed by atoms with Crippen molar-refractivity contribution in [1.82, 2.24) is 10.2 Å². The van der Waals surface area contributed by atoms with Gasteiger partial charge in [0, 0.05) is 26.1 Å². The first-order chi connectivity index (χ1) is 12.6. The molecule has 156 valence electrons. The highest BCUT2D eigenvalue weighted by atomic mass is 16.2. The van der Waals surface area contributed by atoms with Crippen LogP contribution in [0.3, 0.4) is 0 Å². The average molecular weight is 371 g/mol. The molecule has 0 aliphatic carbocycles. The predicted octanol–water partition coefficient (Wildman–Crippen LogP) is 5.55. The van der Waals surface area contributed by atoms with Crippen LogP contribution in [0.2, 0.25) is 0 Å². The maximum atomic E-state index is 11.9. The largest absolute Gasteiger partial charge is 0.356 e. The number of carbonyl (C=O) groups is 2. The third-order valence-electron chi connectivity index (χ3n) is 4.45. The molecule has 1 unspecified atom stereocenters. The van der Waals surface area contributed by atoms with Crippen molar-refractivity contribution in [3.63, 3.8) is 0 Å². The minimum atomic E-state index is -0.130. The summed E-state index contributed by atoms with van der Waals surface area (Å²) in [4.78, 5) is 25.7. The third-order valence-corrected chi connectivity index (χ3v) is 4.45. The van der Waals surface area contributed by atoms with Crippen molar-refractivity contribution in [2.45, 2.75) is 106 Å². The van der Waals surface area contributed by atoms with Crippen molar-refractivity contribution < 1.29 is 9.59 Å². The maximum Gasteiger partial charge on any atom is 0.225 e. The molecule has 1 fully saturated rings. The van der Waals surface area contributed by atoms with Crippen LogP contribution in [0.25, 0.3) is 0 Å². The number of likely N-dealkylation sites (tertiary alicyclic amines) is 1. The Kier molecular flexibility index (Phi) is 21.2. The summed E-state index contributed by atoms with van der Waals surface area (Å²) in [6, 6.07) is 0. The molecule has 1 aliphatic rings. The van der Waals surface area contributed by atoms with E-state index < -0.39 is 0 Å². The molecule has 1 heterocycles. The van der Waals surface area contributed by atoms with Gasteiger partial charge in [0.05, 0.1) is 5.92 Å². The highest BCUT2D eigenvalue weighted by Gasteiger charge is 2.33. The summed E-state index contributed by atoms with van der Waals surface area (Å²) in [6.45, 7) is 14.8. The number of unbranched alkanes of at least 4 members (excludes halogenated alkanes) is 6. The van der Waals surface area contributed by atoms with E-state index in [4.69, 9.17) is 0 Å². The fourth-order valence-electron chi connectivity index (χ4n) is 2.60. The Labute approximate surface area is 163 Å². The third kappa shape index (κ3) is 14.1. The zero-order valence-electron chi connectivity index (χ0n) is 18.5. The first-order valence-electron chi connectivity index (χ1n) is 11.2. The van der Waals surface area contributed by atoms with E-state index in [1.165, 1.54) is 38.5 Å². The average Bonchev–Trinajstić information content (AvgIpc) is 3.04. The Morgan fingerprint density at radius 1 is 0.923 bits per heavy atom. The van der Waals surface area contributed by atoms with E-state index in [-0.39, 0.29) is 17.7 Å². The van der Waals surface area contributed by atoms with Crippen LogP contribution >= 0.6 is 0 Å². The summed E-state index contributed by atoms with van der Waals surface area (Å²) in [5, 5.41) is 2.93.